The lowest BCUT2D eigenvalue weighted by Gasteiger charge is -2.15. The Morgan fingerprint density at radius 3 is 2.40 bits per heavy atom. The summed E-state index contributed by atoms with van der Waals surface area (Å²) in [6, 6.07) is 17.3. The molecule has 0 radical (unpaired) electrons. The van der Waals surface area contributed by atoms with Crippen LogP contribution in [0.4, 0.5) is 5.69 Å². The van der Waals surface area contributed by atoms with Gasteiger partial charge in [-0.3, -0.25) is 0 Å². The molecule has 25 heavy (non-hydrogen) atoms. The fraction of sp³-hybridized carbons (Fsp3) is 0.261. The Balaban J connectivity index is 1.85. The van der Waals surface area contributed by atoms with Crippen LogP contribution in [0.2, 0.25) is 0 Å². The molecule has 2 heteroatoms. The zero-order valence-electron chi connectivity index (χ0n) is 15.7. The number of allylic oxidation sites excluding steroid dienone is 1. The second-order valence-corrected chi connectivity index (χ2v) is 7.49. The van der Waals surface area contributed by atoms with E-state index in [1.54, 1.807) is 0 Å². The van der Waals surface area contributed by atoms with Crippen LogP contribution < -0.4 is 0 Å². The van der Waals surface area contributed by atoms with Gasteiger partial charge in [-0.05, 0) is 32.9 Å². The van der Waals surface area contributed by atoms with Crippen LogP contribution in [-0.4, -0.2) is 21.9 Å². The highest BCUT2D eigenvalue weighted by atomic mass is 15.0. The summed E-state index contributed by atoms with van der Waals surface area (Å²) in [5, 5.41) is 1.32. The van der Waals surface area contributed by atoms with Gasteiger partial charge in [-0.1, -0.05) is 36.4 Å². The van der Waals surface area contributed by atoms with E-state index in [-0.39, 0.29) is 5.41 Å². The van der Waals surface area contributed by atoms with Crippen molar-refractivity contribution in [2.75, 3.05) is 7.05 Å². The largest absolute Gasteiger partial charge is 0.347 e. The van der Waals surface area contributed by atoms with Crippen molar-refractivity contribution in [1.29, 1.82) is 0 Å². The minimum atomic E-state index is 0.0142. The first-order chi connectivity index (χ1) is 11.9. The minimum absolute atomic E-state index is 0.0142. The molecule has 3 aromatic rings. The number of rotatable bonds is 2. The van der Waals surface area contributed by atoms with Crippen molar-refractivity contribution in [3.63, 3.8) is 0 Å². The van der Waals surface area contributed by atoms with Crippen LogP contribution in [0, 0.1) is 6.92 Å². The molecule has 0 amide bonds. The highest BCUT2D eigenvalue weighted by Crippen LogP contribution is 2.39. The van der Waals surface area contributed by atoms with Crippen LogP contribution in [0.25, 0.3) is 17.0 Å². The molecule has 1 aromatic heterocycles. The Bertz CT molecular complexity index is 1050. The minimum Gasteiger partial charge on any atom is -0.347 e. The Labute approximate surface area is 149 Å². The number of hydrogen-bond acceptors (Lipinski definition) is 0. The molecule has 2 nitrogen and oxygen atoms in total. The van der Waals surface area contributed by atoms with Gasteiger partial charge in [0.05, 0.1) is 5.41 Å². The monoisotopic (exact) mass is 329 g/mol. The molecule has 0 N–H and O–H groups in total. The van der Waals surface area contributed by atoms with Crippen molar-refractivity contribution in [1.82, 2.24) is 4.57 Å². The van der Waals surface area contributed by atoms with E-state index in [9.17, 15) is 0 Å². The van der Waals surface area contributed by atoms with Gasteiger partial charge in [0.2, 0.25) is 5.69 Å². The molecule has 0 saturated carbocycles. The molecule has 0 bridgehead atoms. The highest BCUT2D eigenvalue weighted by Gasteiger charge is 2.42. The SMILES string of the molecule is Cc1c(/C=C/C2=[N+](C)c3ccccc3C2(C)C)c2ccccc2n1C. The number of aromatic nitrogens is 1. The molecule has 0 fully saturated rings. The van der Waals surface area contributed by atoms with Gasteiger partial charge in [0.1, 0.15) is 7.05 Å². The van der Waals surface area contributed by atoms with E-state index in [1.165, 1.54) is 39.1 Å². The Morgan fingerprint density at radius 1 is 0.960 bits per heavy atom. The molecular weight excluding hydrogens is 304 g/mol. The number of nitrogens with zero attached hydrogens (tertiary/aromatic N) is 2. The molecule has 2 aromatic carbocycles. The van der Waals surface area contributed by atoms with Gasteiger partial charge in [0.15, 0.2) is 5.71 Å². The molecule has 0 saturated heterocycles. The number of para-hydroxylation sites is 2. The molecule has 0 atom stereocenters. The van der Waals surface area contributed by atoms with Crippen molar-refractivity contribution in [2.24, 2.45) is 7.05 Å². The number of hydrogen-bond donors (Lipinski definition) is 0. The highest BCUT2D eigenvalue weighted by molar-refractivity contribution is 6.06. The van der Waals surface area contributed by atoms with E-state index in [0.717, 1.165) is 0 Å². The number of fused-ring (bicyclic) bond motifs is 2. The smallest absolute Gasteiger partial charge is 0.209 e. The number of aryl methyl sites for hydroxylation is 1. The van der Waals surface area contributed by atoms with Crippen molar-refractivity contribution in [3.05, 3.63) is 71.4 Å². The second-order valence-electron chi connectivity index (χ2n) is 7.49. The zero-order valence-corrected chi connectivity index (χ0v) is 15.7. The standard InChI is InChI=1S/C23H25N2/c1-16-17(18-10-6-8-12-20(18)24(16)4)14-15-22-23(2,3)19-11-7-9-13-21(19)25(22)5/h6-15H,1-5H3/q+1. The van der Waals surface area contributed by atoms with E-state index in [2.05, 4.69) is 105 Å². The lowest BCUT2D eigenvalue weighted by Crippen LogP contribution is -2.26. The first-order valence-electron chi connectivity index (χ1n) is 8.85. The molecule has 0 aliphatic carbocycles. The summed E-state index contributed by atoms with van der Waals surface area (Å²) in [6.07, 6.45) is 4.59. The molecule has 1 aliphatic heterocycles. The van der Waals surface area contributed by atoms with Crippen molar-refractivity contribution >= 4 is 28.4 Å². The van der Waals surface area contributed by atoms with Crippen molar-refractivity contribution in [3.8, 4) is 0 Å². The van der Waals surface area contributed by atoms with Crippen LogP contribution >= 0.6 is 0 Å². The zero-order chi connectivity index (χ0) is 17.8. The lowest BCUT2D eigenvalue weighted by molar-refractivity contribution is -0.401. The maximum Gasteiger partial charge on any atom is 0.209 e. The fourth-order valence-corrected chi connectivity index (χ4v) is 4.22. The van der Waals surface area contributed by atoms with E-state index >= 15 is 0 Å². The van der Waals surface area contributed by atoms with E-state index < -0.39 is 0 Å². The van der Waals surface area contributed by atoms with Crippen LogP contribution in [0.5, 0.6) is 0 Å². The second kappa shape index (κ2) is 5.45. The van der Waals surface area contributed by atoms with Crippen LogP contribution in [-0.2, 0) is 12.5 Å². The Hall–Kier alpha value is -2.61. The Kier molecular flexibility index (Phi) is 3.47. The lowest BCUT2D eigenvalue weighted by atomic mass is 9.81. The van der Waals surface area contributed by atoms with Gasteiger partial charge in [-0.15, -0.1) is 0 Å². The topological polar surface area (TPSA) is 7.94 Å². The molecular formula is C23H25N2+. The average Bonchev–Trinajstić information content (AvgIpc) is 2.97. The summed E-state index contributed by atoms with van der Waals surface area (Å²) < 4.78 is 4.60. The summed E-state index contributed by atoms with van der Waals surface area (Å²) in [6.45, 7) is 6.82. The van der Waals surface area contributed by atoms with Crippen LogP contribution in [0.15, 0.2) is 54.6 Å². The maximum absolute atomic E-state index is 2.33. The molecule has 4 rings (SSSR count). The molecule has 2 heterocycles. The van der Waals surface area contributed by atoms with Gasteiger partial charge in [0, 0.05) is 46.9 Å². The van der Waals surface area contributed by atoms with Gasteiger partial charge < -0.3 is 4.57 Å². The first-order valence-corrected chi connectivity index (χ1v) is 8.85. The summed E-state index contributed by atoms with van der Waals surface area (Å²) in [5.41, 5.74) is 7.95. The predicted molar refractivity (Wildman–Crippen MR) is 107 cm³/mol. The van der Waals surface area contributed by atoms with Crippen LogP contribution in [0.3, 0.4) is 0 Å². The fourth-order valence-electron chi connectivity index (χ4n) is 4.22. The molecule has 0 unspecified atom stereocenters. The van der Waals surface area contributed by atoms with Gasteiger partial charge >= 0.3 is 0 Å². The van der Waals surface area contributed by atoms with Gasteiger partial charge in [0.25, 0.3) is 0 Å². The summed E-state index contributed by atoms with van der Waals surface area (Å²) in [7, 11) is 4.31. The molecule has 0 spiro atoms. The number of benzene rings is 2. The third-order valence-corrected chi connectivity index (χ3v) is 5.80. The Morgan fingerprint density at radius 2 is 1.64 bits per heavy atom. The quantitative estimate of drug-likeness (QED) is 0.571. The average molecular weight is 329 g/mol. The summed E-state index contributed by atoms with van der Waals surface area (Å²) >= 11 is 0. The first kappa shape index (κ1) is 15.9. The summed E-state index contributed by atoms with van der Waals surface area (Å²) in [4.78, 5) is 0. The van der Waals surface area contributed by atoms with E-state index in [1.807, 2.05) is 0 Å². The van der Waals surface area contributed by atoms with Crippen molar-refractivity contribution in [2.45, 2.75) is 26.2 Å². The molecule has 126 valence electrons. The maximum atomic E-state index is 2.33. The third-order valence-electron chi connectivity index (χ3n) is 5.80. The van der Waals surface area contributed by atoms with Gasteiger partial charge in [-0.2, -0.15) is 4.58 Å². The predicted octanol–water partition coefficient (Wildman–Crippen LogP) is 5.21. The van der Waals surface area contributed by atoms with Crippen molar-refractivity contribution < 1.29 is 4.58 Å². The van der Waals surface area contributed by atoms with Crippen LogP contribution in [0.1, 0.15) is 30.7 Å². The van der Waals surface area contributed by atoms with E-state index in [4.69, 9.17) is 0 Å². The molecule has 1 aliphatic rings. The van der Waals surface area contributed by atoms with E-state index in [0.29, 0.717) is 0 Å². The summed E-state index contributed by atoms with van der Waals surface area (Å²) in [5.74, 6) is 0. The third kappa shape index (κ3) is 2.21. The van der Waals surface area contributed by atoms with Gasteiger partial charge in [-0.25, -0.2) is 0 Å². The normalized spacial score (nSPS) is 16.2.